The van der Waals surface area contributed by atoms with E-state index >= 15 is 0 Å². The number of aldehydes is 1. The lowest BCUT2D eigenvalue weighted by Crippen LogP contribution is -2.20. The second-order valence-corrected chi connectivity index (χ2v) is 4.30. The zero-order chi connectivity index (χ0) is 9.68. The first-order valence-electron chi connectivity index (χ1n) is 5.34. The van der Waals surface area contributed by atoms with Gasteiger partial charge in [-0.1, -0.05) is 13.0 Å². The molecule has 1 unspecified atom stereocenters. The van der Waals surface area contributed by atoms with Crippen LogP contribution in [0.2, 0.25) is 0 Å². The quantitative estimate of drug-likeness (QED) is 0.479. The van der Waals surface area contributed by atoms with Crippen LogP contribution in [0.25, 0.3) is 0 Å². The normalized spacial score (nSPS) is 30.8. The molecule has 0 radical (unpaired) electrons. The van der Waals surface area contributed by atoms with Crippen LogP contribution < -0.4 is 0 Å². The smallest absolute Gasteiger partial charge is 0.123 e. The third kappa shape index (κ3) is 2.98. The van der Waals surface area contributed by atoms with E-state index in [9.17, 15) is 4.79 Å². The first kappa shape index (κ1) is 10.5. The Kier molecular flexibility index (Phi) is 4.20. The van der Waals surface area contributed by atoms with Crippen LogP contribution in [0.15, 0.2) is 12.7 Å². The Labute approximate surface area is 81.2 Å². The number of hydrogen-bond donors (Lipinski definition) is 0. The van der Waals surface area contributed by atoms with E-state index in [0.717, 1.165) is 18.6 Å². The van der Waals surface area contributed by atoms with Crippen molar-refractivity contribution < 1.29 is 4.79 Å². The lowest BCUT2D eigenvalue weighted by atomic mass is 9.76. The van der Waals surface area contributed by atoms with Crippen LogP contribution >= 0.6 is 0 Å². The zero-order valence-corrected chi connectivity index (χ0v) is 8.54. The summed E-state index contributed by atoms with van der Waals surface area (Å²) in [6.07, 6.45) is 9.33. The molecule has 1 aliphatic carbocycles. The molecule has 0 amide bonds. The fourth-order valence-electron chi connectivity index (χ4n) is 2.30. The van der Waals surface area contributed by atoms with Gasteiger partial charge < -0.3 is 4.79 Å². The predicted molar refractivity (Wildman–Crippen MR) is 55.5 cm³/mol. The summed E-state index contributed by atoms with van der Waals surface area (Å²) in [5.41, 5.74) is 0. The summed E-state index contributed by atoms with van der Waals surface area (Å²) in [6.45, 7) is 5.82. The van der Waals surface area contributed by atoms with Crippen LogP contribution in [-0.2, 0) is 4.79 Å². The van der Waals surface area contributed by atoms with E-state index in [1.54, 1.807) is 0 Å². The molecule has 1 fully saturated rings. The van der Waals surface area contributed by atoms with Crippen LogP contribution in [0.5, 0.6) is 0 Å². The minimum atomic E-state index is 0.268. The van der Waals surface area contributed by atoms with E-state index in [0.29, 0.717) is 5.92 Å². The molecule has 0 N–H and O–H groups in total. The van der Waals surface area contributed by atoms with Crippen LogP contribution in [0, 0.1) is 17.8 Å². The summed E-state index contributed by atoms with van der Waals surface area (Å²) < 4.78 is 0. The lowest BCUT2D eigenvalue weighted by molar-refractivity contribution is -0.112. The maximum absolute atomic E-state index is 10.6. The number of carbonyl (C=O) groups excluding carboxylic acids is 1. The highest BCUT2D eigenvalue weighted by atomic mass is 16.1. The van der Waals surface area contributed by atoms with E-state index in [4.69, 9.17) is 0 Å². The molecule has 1 saturated carbocycles. The largest absolute Gasteiger partial charge is 0.303 e. The predicted octanol–water partition coefficient (Wildman–Crippen LogP) is 3.20. The van der Waals surface area contributed by atoms with Gasteiger partial charge in [0.1, 0.15) is 6.29 Å². The molecule has 1 atom stereocenters. The maximum atomic E-state index is 10.6. The van der Waals surface area contributed by atoms with Crippen molar-refractivity contribution in [2.24, 2.45) is 17.8 Å². The van der Waals surface area contributed by atoms with Gasteiger partial charge in [0.15, 0.2) is 0 Å². The number of rotatable bonds is 4. The third-order valence-electron chi connectivity index (χ3n) is 3.35. The van der Waals surface area contributed by atoms with E-state index < -0.39 is 0 Å². The second-order valence-electron chi connectivity index (χ2n) is 4.30. The van der Waals surface area contributed by atoms with Gasteiger partial charge in [-0.05, 0) is 43.9 Å². The molecule has 0 spiro atoms. The monoisotopic (exact) mass is 180 g/mol. The van der Waals surface area contributed by atoms with E-state index in [1.807, 2.05) is 13.0 Å². The summed E-state index contributed by atoms with van der Waals surface area (Å²) in [7, 11) is 0. The van der Waals surface area contributed by atoms with Gasteiger partial charge in [0.05, 0.1) is 0 Å². The molecule has 1 rings (SSSR count). The summed E-state index contributed by atoms with van der Waals surface area (Å²) >= 11 is 0. The minimum Gasteiger partial charge on any atom is -0.303 e. The Balaban J connectivity index is 2.29. The fourth-order valence-corrected chi connectivity index (χ4v) is 2.30. The van der Waals surface area contributed by atoms with Crippen molar-refractivity contribution in [3.8, 4) is 0 Å². The molecule has 0 aromatic heterocycles. The molecular formula is C12H20O. The Morgan fingerprint density at radius 3 is 2.46 bits per heavy atom. The molecule has 74 valence electrons. The van der Waals surface area contributed by atoms with Crippen molar-refractivity contribution in [3.05, 3.63) is 12.7 Å². The summed E-state index contributed by atoms with van der Waals surface area (Å²) in [5, 5.41) is 0. The first-order chi connectivity index (χ1) is 6.27. The number of allylic oxidation sites excluding steroid dienone is 1. The van der Waals surface area contributed by atoms with Crippen molar-refractivity contribution in [1.82, 2.24) is 0 Å². The van der Waals surface area contributed by atoms with Gasteiger partial charge in [-0.3, -0.25) is 0 Å². The summed E-state index contributed by atoms with van der Waals surface area (Å²) in [5.74, 6) is 1.76. The van der Waals surface area contributed by atoms with Crippen LogP contribution in [0.4, 0.5) is 0 Å². The molecule has 0 bridgehead atoms. The van der Waals surface area contributed by atoms with E-state index in [-0.39, 0.29) is 5.92 Å². The number of carbonyl (C=O) groups is 1. The third-order valence-corrected chi connectivity index (χ3v) is 3.35. The molecule has 0 aliphatic heterocycles. The van der Waals surface area contributed by atoms with E-state index in [2.05, 4.69) is 6.58 Å². The van der Waals surface area contributed by atoms with Crippen molar-refractivity contribution >= 4 is 6.29 Å². The average molecular weight is 180 g/mol. The van der Waals surface area contributed by atoms with Gasteiger partial charge in [0, 0.05) is 5.92 Å². The van der Waals surface area contributed by atoms with Crippen molar-refractivity contribution in [1.29, 1.82) is 0 Å². The molecule has 1 aliphatic rings. The molecule has 0 aromatic rings. The Morgan fingerprint density at radius 2 is 2.00 bits per heavy atom. The topological polar surface area (TPSA) is 17.1 Å². The van der Waals surface area contributed by atoms with Gasteiger partial charge in [-0.25, -0.2) is 0 Å². The number of hydrogen-bond acceptors (Lipinski definition) is 1. The molecule has 0 heterocycles. The van der Waals surface area contributed by atoms with Crippen LogP contribution in [0.1, 0.15) is 39.0 Å². The molecular weight excluding hydrogens is 160 g/mol. The Bertz CT molecular complexity index is 166. The molecule has 1 heteroatoms. The SMILES string of the molecule is C=CCC1CCC(C(C)C=O)CC1. The first-order valence-corrected chi connectivity index (χ1v) is 5.34. The molecule has 13 heavy (non-hydrogen) atoms. The lowest BCUT2D eigenvalue weighted by Gasteiger charge is -2.29. The van der Waals surface area contributed by atoms with Gasteiger partial charge in [0.25, 0.3) is 0 Å². The van der Waals surface area contributed by atoms with Gasteiger partial charge in [-0.15, -0.1) is 6.58 Å². The standard InChI is InChI=1S/C12H20O/c1-3-4-11-5-7-12(8-6-11)10(2)9-13/h3,9-12H,1,4-8H2,2H3. The molecule has 0 aromatic carbocycles. The van der Waals surface area contributed by atoms with Gasteiger partial charge in [-0.2, -0.15) is 0 Å². The van der Waals surface area contributed by atoms with Crippen LogP contribution in [-0.4, -0.2) is 6.29 Å². The maximum Gasteiger partial charge on any atom is 0.123 e. The van der Waals surface area contributed by atoms with Gasteiger partial charge in [0.2, 0.25) is 0 Å². The zero-order valence-electron chi connectivity index (χ0n) is 8.54. The Hall–Kier alpha value is -0.590. The minimum absolute atomic E-state index is 0.268. The van der Waals surface area contributed by atoms with Crippen molar-refractivity contribution in [2.45, 2.75) is 39.0 Å². The highest BCUT2D eigenvalue weighted by Crippen LogP contribution is 2.34. The van der Waals surface area contributed by atoms with E-state index in [1.165, 1.54) is 25.7 Å². The summed E-state index contributed by atoms with van der Waals surface area (Å²) in [4.78, 5) is 10.6. The second kappa shape index (κ2) is 5.21. The molecule has 1 nitrogen and oxygen atoms in total. The van der Waals surface area contributed by atoms with Crippen molar-refractivity contribution in [3.63, 3.8) is 0 Å². The van der Waals surface area contributed by atoms with Crippen molar-refractivity contribution in [2.75, 3.05) is 0 Å². The fraction of sp³-hybridized carbons (Fsp3) is 0.750. The molecule has 0 saturated heterocycles. The Morgan fingerprint density at radius 1 is 1.38 bits per heavy atom. The highest BCUT2D eigenvalue weighted by Gasteiger charge is 2.23. The highest BCUT2D eigenvalue weighted by molar-refractivity contribution is 5.53. The average Bonchev–Trinajstić information content (AvgIpc) is 2.18. The summed E-state index contributed by atoms with van der Waals surface area (Å²) in [6, 6.07) is 0. The van der Waals surface area contributed by atoms with Crippen LogP contribution in [0.3, 0.4) is 0 Å². The van der Waals surface area contributed by atoms with Gasteiger partial charge >= 0.3 is 0 Å².